The molecule has 0 atom stereocenters. The molecule has 0 aliphatic rings. The number of benzene rings is 1. The van der Waals surface area contributed by atoms with Gasteiger partial charge in [-0.2, -0.15) is 0 Å². The van der Waals surface area contributed by atoms with Crippen molar-refractivity contribution in [2.45, 2.75) is 6.92 Å². The van der Waals surface area contributed by atoms with Gasteiger partial charge in [0.15, 0.2) is 5.78 Å². The first-order chi connectivity index (χ1) is 11.5. The van der Waals surface area contributed by atoms with Crippen LogP contribution >= 0.6 is 15.9 Å². The van der Waals surface area contributed by atoms with E-state index in [-0.39, 0.29) is 5.78 Å². The van der Waals surface area contributed by atoms with Gasteiger partial charge in [0, 0.05) is 28.8 Å². The molecule has 0 saturated carbocycles. The fraction of sp³-hybridized carbons (Fsp3) is 0.167. The van der Waals surface area contributed by atoms with E-state index in [0.717, 1.165) is 27.1 Å². The number of methoxy groups -OCH3 is 1. The third-order valence-electron chi connectivity index (χ3n) is 3.80. The monoisotopic (exact) mass is 385 g/mol. The Morgan fingerprint density at radius 2 is 2.08 bits per heavy atom. The fourth-order valence-corrected chi connectivity index (χ4v) is 2.95. The van der Waals surface area contributed by atoms with Crippen molar-refractivity contribution >= 4 is 33.1 Å². The van der Waals surface area contributed by atoms with Crippen molar-refractivity contribution in [2.75, 3.05) is 14.2 Å². The third kappa shape index (κ3) is 2.85. The molecule has 2 heterocycles. The molecule has 0 bridgehead atoms. The van der Waals surface area contributed by atoms with Crippen molar-refractivity contribution in [1.82, 2.24) is 9.38 Å². The molecule has 0 aliphatic heterocycles. The summed E-state index contributed by atoms with van der Waals surface area (Å²) in [5, 5.41) is 0. The number of ether oxygens (including phenoxy) is 1. The molecule has 24 heavy (non-hydrogen) atoms. The molecule has 1 aromatic carbocycles. The number of carbonyl (C=O) groups is 1. The van der Waals surface area contributed by atoms with Gasteiger partial charge in [0.25, 0.3) is 0 Å². The molecule has 0 N–H and O–H groups in total. The van der Waals surface area contributed by atoms with Crippen LogP contribution in [0, 0.1) is 0 Å². The van der Waals surface area contributed by atoms with Gasteiger partial charge in [-0.05, 0) is 47.1 Å². The lowest BCUT2D eigenvalue weighted by Gasteiger charge is -2.12. The molecule has 0 amide bonds. The van der Waals surface area contributed by atoms with E-state index in [4.69, 9.17) is 4.74 Å². The lowest BCUT2D eigenvalue weighted by Crippen LogP contribution is -2.09. The highest BCUT2D eigenvalue weighted by molar-refractivity contribution is 9.10. The maximum Gasteiger partial charge on any atom is 0.159 e. The maximum absolute atomic E-state index is 11.6. The Labute approximate surface area is 148 Å². The third-order valence-corrected chi connectivity index (χ3v) is 4.27. The maximum atomic E-state index is 11.6. The summed E-state index contributed by atoms with van der Waals surface area (Å²) in [6.07, 6.45) is 3.72. The number of rotatable bonds is 4. The molecular weight excluding hydrogens is 370 g/mol. The van der Waals surface area contributed by atoms with E-state index < -0.39 is 0 Å². The van der Waals surface area contributed by atoms with Crippen molar-refractivity contribution in [3.63, 3.8) is 0 Å². The van der Waals surface area contributed by atoms with E-state index in [1.165, 1.54) is 6.92 Å². The highest BCUT2D eigenvalue weighted by atomic mass is 79.9. The summed E-state index contributed by atoms with van der Waals surface area (Å²) < 4.78 is 8.39. The molecule has 3 rings (SSSR count). The summed E-state index contributed by atoms with van der Waals surface area (Å²) >= 11 is 3.48. The lowest BCUT2D eigenvalue weighted by atomic mass is 10.0. The SMILES string of the molecule is CN=C(c1ccc(C(C)=O)cc1OC)c1cnc2ccc(Br)cn12. The van der Waals surface area contributed by atoms with Gasteiger partial charge in [-0.3, -0.25) is 14.2 Å². The first kappa shape index (κ1) is 16.4. The van der Waals surface area contributed by atoms with Crippen LogP contribution in [0.25, 0.3) is 5.65 Å². The van der Waals surface area contributed by atoms with Gasteiger partial charge in [0.05, 0.1) is 24.7 Å². The quantitative estimate of drug-likeness (QED) is 0.507. The highest BCUT2D eigenvalue weighted by Crippen LogP contribution is 2.25. The average Bonchev–Trinajstić information content (AvgIpc) is 2.98. The van der Waals surface area contributed by atoms with Crippen LogP contribution in [-0.4, -0.2) is 35.0 Å². The number of ketones is 1. The Balaban J connectivity index is 2.19. The molecule has 6 heteroatoms. The number of nitrogens with zero attached hydrogens (tertiary/aromatic N) is 3. The molecule has 122 valence electrons. The van der Waals surface area contributed by atoms with Crippen molar-refractivity contribution < 1.29 is 9.53 Å². The number of hydrogen-bond donors (Lipinski definition) is 0. The van der Waals surface area contributed by atoms with E-state index in [1.807, 2.05) is 28.8 Å². The number of carbonyl (C=O) groups excluding carboxylic acids is 1. The van der Waals surface area contributed by atoms with Gasteiger partial charge in [-0.1, -0.05) is 6.07 Å². The number of Topliss-reactive ketones (excluding diaryl/α,β-unsaturated/α-hetero) is 1. The summed E-state index contributed by atoms with van der Waals surface area (Å²) in [7, 11) is 3.31. The van der Waals surface area contributed by atoms with Crippen molar-refractivity contribution in [3.05, 3.63) is 64.0 Å². The number of aliphatic imine (C=N–C) groups is 1. The number of pyridine rings is 1. The molecule has 2 aromatic heterocycles. The molecule has 0 radical (unpaired) electrons. The minimum atomic E-state index is -0.00595. The summed E-state index contributed by atoms with van der Waals surface area (Å²) in [5.41, 5.74) is 3.84. The molecule has 3 aromatic rings. The number of aromatic nitrogens is 2. The zero-order valence-corrected chi connectivity index (χ0v) is 15.2. The molecule has 5 nitrogen and oxygen atoms in total. The van der Waals surface area contributed by atoms with E-state index in [0.29, 0.717) is 11.3 Å². The van der Waals surface area contributed by atoms with Gasteiger partial charge in [-0.15, -0.1) is 0 Å². The van der Waals surface area contributed by atoms with Crippen LogP contribution in [0.5, 0.6) is 5.75 Å². The fourth-order valence-electron chi connectivity index (χ4n) is 2.61. The van der Waals surface area contributed by atoms with Gasteiger partial charge in [0.1, 0.15) is 11.4 Å². The van der Waals surface area contributed by atoms with Crippen LogP contribution < -0.4 is 4.74 Å². The minimum Gasteiger partial charge on any atom is -0.496 e. The Hall–Kier alpha value is -2.47. The zero-order valence-electron chi connectivity index (χ0n) is 13.6. The second-order valence-corrected chi connectivity index (χ2v) is 6.18. The summed E-state index contributed by atoms with van der Waals surface area (Å²) in [6, 6.07) is 9.25. The average molecular weight is 386 g/mol. The number of hydrogen-bond acceptors (Lipinski definition) is 4. The van der Waals surface area contributed by atoms with Crippen LogP contribution in [0.3, 0.4) is 0 Å². The molecule has 0 unspecified atom stereocenters. The predicted molar refractivity (Wildman–Crippen MR) is 97.5 cm³/mol. The van der Waals surface area contributed by atoms with Crippen molar-refractivity contribution in [2.24, 2.45) is 4.99 Å². The van der Waals surface area contributed by atoms with Gasteiger partial charge < -0.3 is 4.74 Å². The molecule has 0 saturated heterocycles. The lowest BCUT2D eigenvalue weighted by molar-refractivity contribution is 0.101. The van der Waals surface area contributed by atoms with Crippen LogP contribution in [0.1, 0.15) is 28.5 Å². The van der Waals surface area contributed by atoms with E-state index in [2.05, 4.69) is 25.9 Å². The largest absolute Gasteiger partial charge is 0.496 e. The van der Waals surface area contributed by atoms with Gasteiger partial charge >= 0.3 is 0 Å². The Morgan fingerprint density at radius 3 is 2.75 bits per heavy atom. The minimum absolute atomic E-state index is 0.00595. The summed E-state index contributed by atoms with van der Waals surface area (Å²) in [6.45, 7) is 1.53. The second kappa shape index (κ2) is 6.57. The van der Waals surface area contributed by atoms with Crippen LogP contribution in [0.2, 0.25) is 0 Å². The molecular formula is C18H16BrN3O2. The van der Waals surface area contributed by atoms with E-state index in [1.54, 1.807) is 32.5 Å². The Morgan fingerprint density at radius 1 is 1.29 bits per heavy atom. The standard InChI is InChI=1S/C18H16BrN3O2/c1-11(23)12-4-6-14(16(8-12)24-3)18(20-2)15-9-21-17-7-5-13(19)10-22(15)17/h4-10H,1-3H3. The molecule has 0 spiro atoms. The van der Waals surface area contributed by atoms with E-state index >= 15 is 0 Å². The van der Waals surface area contributed by atoms with Crippen LogP contribution in [0.4, 0.5) is 0 Å². The van der Waals surface area contributed by atoms with Crippen molar-refractivity contribution in [3.8, 4) is 5.75 Å². The number of halogens is 1. The predicted octanol–water partition coefficient (Wildman–Crippen LogP) is 3.78. The summed E-state index contributed by atoms with van der Waals surface area (Å²) in [4.78, 5) is 20.5. The van der Waals surface area contributed by atoms with E-state index in [9.17, 15) is 4.79 Å². The molecule has 0 fully saturated rings. The number of fused-ring (bicyclic) bond motifs is 1. The first-order valence-corrected chi connectivity index (χ1v) is 8.13. The topological polar surface area (TPSA) is 56.0 Å². The smallest absolute Gasteiger partial charge is 0.159 e. The van der Waals surface area contributed by atoms with Gasteiger partial charge in [-0.25, -0.2) is 4.98 Å². The Bertz CT molecular complexity index is 960. The second-order valence-electron chi connectivity index (χ2n) is 5.26. The normalized spacial score (nSPS) is 11.8. The molecule has 0 aliphatic carbocycles. The first-order valence-electron chi connectivity index (χ1n) is 7.34. The van der Waals surface area contributed by atoms with Crippen LogP contribution in [0.15, 0.2) is 52.2 Å². The highest BCUT2D eigenvalue weighted by Gasteiger charge is 2.17. The summed E-state index contributed by atoms with van der Waals surface area (Å²) in [5.74, 6) is 0.599. The number of imidazole rings is 1. The van der Waals surface area contributed by atoms with Gasteiger partial charge in [0.2, 0.25) is 0 Å². The van der Waals surface area contributed by atoms with Crippen molar-refractivity contribution in [1.29, 1.82) is 0 Å². The van der Waals surface area contributed by atoms with Crippen LogP contribution in [-0.2, 0) is 0 Å². The zero-order chi connectivity index (χ0) is 17.3. The Kier molecular flexibility index (Phi) is 4.49.